The van der Waals surface area contributed by atoms with E-state index in [0.717, 1.165) is 11.4 Å². The van der Waals surface area contributed by atoms with Gasteiger partial charge in [-0.3, -0.25) is 10.1 Å². The Morgan fingerprint density at radius 2 is 2.00 bits per heavy atom. The van der Waals surface area contributed by atoms with Gasteiger partial charge >= 0.3 is 0 Å². The van der Waals surface area contributed by atoms with Crippen LogP contribution in [-0.4, -0.2) is 16.4 Å². The minimum atomic E-state index is 0.906. The van der Waals surface area contributed by atoms with Gasteiger partial charge in [0, 0.05) is 6.20 Å². The van der Waals surface area contributed by atoms with Crippen molar-refractivity contribution in [2.75, 3.05) is 0 Å². The van der Waals surface area contributed by atoms with Crippen molar-refractivity contribution in [1.29, 1.82) is 0 Å². The summed E-state index contributed by atoms with van der Waals surface area (Å²) >= 11 is 0. The number of hydrogen-bond acceptors (Lipinski definition) is 2. The molecular formula is C10H9N3. The smallest absolute Gasteiger partial charge is 0.0760 e. The molecule has 3 heteroatoms. The largest absolute Gasteiger partial charge is 0.277 e. The van der Waals surface area contributed by atoms with E-state index in [1.54, 1.807) is 12.4 Å². The maximum Gasteiger partial charge on any atom is 0.0760 e. The molecule has 0 radical (unpaired) electrons. The summed E-state index contributed by atoms with van der Waals surface area (Å²) in [7, 11) is 0. The van der Waals surface area contributed by atoms with Crippen molar-refractivity contribution in [2.24, 2.45) is 4.99 Å². The third kappa shape index (κ3) is 2.02. The number of aromatic amines is 1. The second-order valence-electron chi connectivity index (χ2n) is 2.61. The summed E-state index contributed by atoms with van der Waals surface area (Å²) in [5.41, 5.74) is 1.85. The van der Waals surface area contributed by atoms with E-state index in [-0.39, 0.29) is 0 Å². The van der Waals surface area contributed by atoms with Gasteiger partial charge in [-0.2, -0.15) is 5.10 Å². The minimum Gasteiger partial charge on any atom is -0.277 e. The summed E-state index contributed by atoms with van der Waals surface area (Å²) in [6.07, 6.45) is 3.45. The van der Waals surface area contributed by atoms with Crippen LogP contribution in [0.4, 0.5) is 5.69 Å². The number of aromatic nitrogens is 2. The molecule has 0 fully saturated rings. The van der Waals surface area contributed by atoms with Crippen molar-refractivity contribution in [3.8, 4) is 0 Å². The average Bonchev–Trinajstić information content (AvgIpc) is 2.69. The Kier molecular flexibility index (Phi) is 2.18. The number of aliphatic imine (C=N–C) groups is 1. The number of benzene rings is 1. The number of nitrogens with one attached hydrogen (secondary N) is 1. The monoisotopic (exact) mass is 171 g/mol. The fraction of sp³-hybridized carbons (Fsp3) is 0. The molecule has 0 amide bonds. The second-order valence-corrected chi connectivity index (χ2v) is 2.61. The maximum atomic E-state index is 4.25. The van der Waals surface area contributed by atoms with Crippen LogP contribution < -0.4 is 0 Å². The van der Waals surface area contributed by atoms with Crippen molar-refractivity contribution < 1.29 is 0 Å². The molecule has 2 rings (SSSR count). The number of nitrogens with zero attached hydrogens (tertiary/aromatic N) is 2. The molecule has 0 atom stereocenters. The highest BCUT2D eigenvalue weighted by molar-refractivity contribution is 5.79. The Morgan fingerprint density at radius 3 is 2.69 bits per heavy atom. The lowest BCUT2D eigenvalue weighted by Gasteiger charge is -1.89. The topological polar surface area (TPSA) is 41.0 Å². The van der Waals surface area contributed by atoms with Crippen LogP contribution in [0.5, 0.6) is 0 Å². The van der Waals surface area contributed by atoms with E-state index in [1.165, 1.54) is 0 Å². The molecule has 2 aromatic rings. The standard InChI is InChI=1S/C10H9N3/c1-2-4-9(5-3-1)11-8-10-6-7-12-13-10/h1-8H,(H,12,13). The van der Waals surface area contributed by atoms with E-state index >= 15 is 0 Å². The van der Waals surface area contributed by atoms with Crippen LogP contribution in [0.25, 0.3) is 0 Å². The number of H-pyrrole nitrogens is 1. The van der Waals surface area contributed by atoms with E-state index in [4.69, 9.17) is 0 Å². The van der Waals surface area contributed by atoms with Gasteiger partial charge in [0.2, 0.25) is 0 Å². The first-order valence-electron chi connectivity index (χ1n) is 4.03. The first-order chi connectivity index (χ1) is 6.45. The summed E-state index contributed by atoms with van der Waals surface area (Å²) in [4.78, 5) is 4.25. The van der Waals surface area contributed by atoms with Crippen LogP contribution in [0.2, 0.25) is 0 Å². The Labute approximate surface area is 76.1 Å². The van der Waals surface area contributed by atoms with Crippen LogP contribution in [-0.2, 0) is 0 Å². The summed E-state index contributed by atoms with van der Waals surface area (Å²) in [6, 6.07) is 11.7. The summed E-state index contributed by atoms with van der Waals surface area (Å²) < 4.78 is 0. The molecule has 0 saturated heterocycles. The van der Waals surface area contributed by atoms with Crippen LogP contribution >= 0.6 is 0 Å². The minimum absolute atomic E-state index is 0.906. The van der Waals surface area contributed by atoms with Gasteiger partial charge in [-0.05, 0) is 18.2 Å². The highest BCUT2D eigenvalue weighted by Gasteiger charge is 1.86. The molecule has 1 heterocycles. The molecule has 13 heavy (non-hydrogen) atoms. The maximum absolute atomic E-state index is 4.25. The van der Waals surface area contributed by atoms with Gasteiger partial charge in [-0.25, -0.2) is 0 Å². The van der Waals surface area contributed by atoms with Crippen molar-refractivity contribution in [3.05, 3.63) is 48.3 Å². The molecule has 0 aliphatic heterocycles. The van der Waals surface area contributed by atoms with E-state index in [0.29, 0.717) is 0 Å². The van der Waals surface area contributed by atoms with Gasteiger partial charge in [0.25, 0.3) is 0 Å². The molecule has 0 unspecified atom stereocenters. The molecule has 0 aliphatic rings. The predicted octanol–water partition coefficient (Wildman–Crippen LogP) is 2.16. The van der Waals surface area contributed by atoms with Crippen molar-refractivity contribution in [2.45, 2.75) is 0 Å². The fourth-order valence-electron chi connectivity index (χ4n) is 0.997. The molecule has 1 N–H and O–H groups in total. The Bertz CT molecular complexity index is 376. The van der Waals surface area contributed by atoms with E-state index in [2.05, 4.69) is 15.2 Å². The molecule has 64 valence electrons. The number of hydrogen-bond donors (Lipinski definition) is 1. The number of rotatable bonds is 2. The predicted molar refractivity (Wildman–Crippen MR) is 52.3 cm³/mol. The van der Waals surface area contributed by atoms with Crippen LogP contribution in [0.1, 0.15) is 5.69 Å². The lowest BCUT2D eigenvalue weighted by Crippen LogP contribution is -1.78. The molecule has 1 aromatic carbocycles. The zero-order chi connectivity index (χ0) is 8.93. The van der Waals surface area contributed by atoms with Gasteiger partial charge in [0.1, 0.15) is 0 Å². The molecule has 0 saturated carbocycles. The zero-order valence-corrected chi connectivity index (χ0v) is 7.01. The van der Waals surface area contributed by atoms with Gasteiger partial charge in [-0.1, -0.05) is 18.2 Å². The Balaban J connectivity index is 2.15. The van der Waals surface area contributed by atoms with Gasteiger partial charge in [0.05, 0.1) is 17.6 Å². The second kappa shape index (κ2) is 3.67. The van der Waals surface area contributed by atoms with E-state index in [9.17, 15) is 0 Å². The van der Waals surface area contributed by atoms with Crippen LogP contribution in [0, 0.1) is 0 Å². The summed E-state index contributed by atoms with van der Waals surface area (Å²) in [5.74, 6) is 0. The van der Waals surface area contributed by atoms with Gasteiger partial charge in [0.15, 0.2) is 0 Å². The lowest BCUT2D eigenvalue weighted by atomic mass is 10.3. The molecule has 0 bridgehead atoms. The Hall–Kier alpha value is -1.90. The zero-order valence-electron chi connectivity index (χ0n) is 7.01. The van der Waals surface area contributed by atoms with E-state index in [1.807, 2.05) is 36.4 Å². The molecule has 3 nitrogen and oxygen atoms in total. The normalized spacial score (nSPS) is 10.8. The van der Waals surface area contributed by atoms with Crippen molar-refractivity contribution in [1.82, 2.24) is 10.2 Å². The molecular weight excluding hydrogens is 162 g/mol. The van der Waals surface area contributed by atoms with Crippen molar-refractivity contribution in [3.63, 3.8) is 0 Å². The van der Waals surface area contributed by atoms with Crippen LogP contribution in [0.15, 0.2) is 47.6 Å². The van der Waals surface area contributed by atoms with Gasteiger partial charge in [-0.15, -0.1) is 0 Å². The highest BCUT2D eigenvalue weighted by Crippen LogP contribution is 2.08. The quantitative estimate of drug-likeness (QED) is 0.691. The van der Waals surface area contributed by atoms with Crippen LogP contribution in [0.3, 0.4) is 0 Å². The first-order valence-corrected chi connectivity index (χ1v) is 4.03. The third-order valence-electron chi connectivity index (χ3n) is 1.63. The SMILES string of the molecule is C(=Nc1ccccc1)c1ccn[nH]1. The fourth-order valence-corrected chi connectivity index (χ4v) is 0.997. The molecule has 0 aliphatic carbocycles. The van der Waals surface area contributed by atoms with E-state index < -0.39 is 0 Å². The third-order valence-corrected chi connectivity index (χ3v) is 1.63. The Morgan fingerprint density at radius 1 is 1.15 bits per heavy atom. The average molecular weight is 171 g/mol. The van der Waals surface area contributed by atoms with Crippen molar-refractivity contribution >= 4 is 11.9 Å². The lowest BCUT2D eigenvalue weighted by molar-refractivity contribution is 1.08. The first kappa shape index (κ1) is 7.73. The summed E-state index contributed by atoms with van der Waals surface area (Å²) in [5, 5.41) is 6.63. The molecule has 0 spiro atoms. The highest BCUT2D eigenvalue weighted by atomic mass is 15.1. The molecule has 1 aromatic heterocycles. The number of para-hydroxylation sites is 1. The van der Waals surface area contributed by atoms with Gasteiger partial charge < -0.3 is 0 Å². The summed E-state index contributed by atoms with van der Waals surface area (Å²) in [6.45, 7) is 0.